The first-order valence-electron chi connectivity index (χ1n) is 6.60. The molecule has 0 amide bonds. The highest BCUT2D eigenvalue weighted by Crippen LogP contribution is 2.19. The van der Waals surface area contributed by atoms with Gasteiger partial charge in [-0.05, 0) is 38.4 Å². The minimum atomic E-state index is 0.464. The summed E-state index contributed by atoms with van der Waals surface area (Å²) in [7, 11) is 0. The Labute approximate surface area is 105 Å². The normalized spacial score (nSPS) is 12.5. The molecule has 2 heteroatoms. The molecule has 1 unspecified atom stereocenters. The molecule has 17 heavy (non-hydrogen) atoms. The summed E-state index contributed by atoms with van der Waals surface area (Å²) >= 11 is 0. The third kappa shape index (κ3) is 4.78. The van der Waals surface area contributed by atoms with Crippen molar-refractivity contribution in [3.8, 4) is 5.75 Å². The molecule has 0 aromatic heterocycles. The van der Waals surface area contributed by atoms with E-state index in [0.29, 0.717) is 6.04 Å². The summed E-state index contributed by atoms with van der Waals surface area (Å²) in [4.78, 5) is 0. The van der Waals surface area contributed by atoms with E-state index < -0.39 is 0 Å². The number of rotatable bonds is 7. The van der Waals surface area contributed by atoms with E-state index in [1.165, 1.54) is 24.0 Å². The SMILES string of the molecule is CCCC(COc1ccc(C)cc1C)NCC. The molecule has 1 aromatic rings. The van der Waals surface area contributed by atoms with Gasteiger partial charge in [-0.2, -0.15) is 0 Å². The maximum atomic E-state index is 5.90. The van der Waals surface area contributed by atoms with Crippen molar-refractivity contribution < 1.29 is 4.74 Å². The van der Waals surface area contributed by atoms with Crippen LogP contribution < -0.4 is 10.1 Å². The van der Waals surface area contributed by atoms with Gasteiger partial charge in [0.2, 0.25) is 0 Å². The Kier molecular flexibility index (Phi) is 6.06. The van der Waals surface area contributed by atoms with Crippen LogP contribution in [0.15, 0.2) is 18.2 Å². The Bertz CT molecular complexity index is 330. The summed E-state index contributed by atoms with van der Waals surface area (Å²) in [5.41, 5.74) is 2.50. The lowest BCUT2D eigenvalue weighted by Crippen LogP contribution is -2.34. The molecule has 0 bridgehead atoms. The summed E-state index contributed by atoms with van der Waals surface area (Å²) in [5, 5.41) is 3.46. The van der Waals surface area contributed by atoms with Crippen LogP contribution in [-0.2, 0) is 0 Å². The molecule has 0 fully saturated rings. The lowest BCUT2D eigenvalue weighted by Gasteiger charge is -2.18. The summed E-state index contributed by atoms with van der Waals surface area (Å²) < 4.78 is 5.90. The monoisotopic (exact) mass is 235 g/mol. The van der Waals surface area contributed by atoms with Crippen molar-refractivity contribution in [1.82, 2.24) is 5.32 Å². The molecule has 0 radical (unpaired) electrons. The number of hydrogen-bond acceptors (Lipinski definition) is 2. The average molecular weight is 235 g/mol. The molecule has 0 spiro atoms. The molecule has 0 saturated heterocycles. The van der Waals surface area contributed by atoms with Crippen molar-refractivity contribution in [2.24, 2.45) is 0 Å². The van der Waals surface area contributed by atoms with E-state index in [-0.39, 0.29) is 0 Å². The van der Waals surface area contributed by atoms with Crippen LogP contribution in [0.4, 0.5) is 0 Å². The van der Waals surface area contributed by atoms with Crippen LogP contribution in [0.5, 0.6) is 5.75 Å². The fourth-order valence-electron chi connectivity index (χ4n) is 2.03. The predicted molar refractivity (Wildman–Crippen MR) is 73.8 cm³/mol. The van der Waals surface area contributed by atoms with Crippen LogP contribution in [-0.4, -0.2) is 19.2 Å². The van der Waals surface area contributed by atoms with E-state index in [9.17, 15) is 0 Å². The second-order valence-corrected chi connectivity index (χ2v) is 4.62. The maximum Gasteiger partial charge on any atom is 0.122 e. The highest BCUT2D eigenvalue weighted by molar-refractivity contribution is 5.35. The smallest absolute Gasteiger partial charge is 0.122 e. The van der Waals surface area contributed by atoms with Crippen LogP contribution in [0.3, 0.4) is 0 Å². The molecule has 0 heterocycles. The Morgan fingerprint density at radius 3 is 2.59 bits per heavy atom. The van der Waals surface area contributed by atoms with Gasteiger partial charge in [-0.1, -0.05) is 38.0 Å². The topological polar surface area (TPSA) is 21.3 Å². The molecule has 0 saturated carbocycles. The van der Waals surface area contributed by atoms with Gasteiger partial charge in [0.1, 0.15) is 12.4 Å². The number of benzene rings is 1. The standard InChI is InChI=1S/C15H25NO/c1-5-7-14(16-6-2)11-17-15-9-8-12(3)10-13(15)4/h8-10,14,16H,5-7,11H2,1-4H3. The Hall–Kier alpha value is -1.02. The van der Waals surface area contributed by atoms with E-state index in [2.05, 4.69) is 51.2 Å². The second-order valence-electron chi connectivity index (χ2n) is 4.62. The van der Waals surface area contributed by atoms with Gasteiger partial charge in [-0.3, -0.25) is 0 Å². The quantitative estimate of drug-likeness (QED) is 0.781. The zero-order valence-corrected chi connectivity index (χ0v) is 11.5. The first-order valence-corrected chi connectivity index (χ1v) is 6.60. The summed E-state index contributed by atoms with van der Waals surface area (Å²) in [6, 6.07) is 6.80. The van der Waals surface area contributed by atoms with Crippen LogP contribution >= 0.6 is 0 Å². The fraction of sp³-hybridized carbons (Fsp3) is 0.600. The average Bonchev–Trinajstić information content (AvgIpc) is 2.28. The van der Waals surface area contributed by atoms with E-state index in [4.69, 9.17) is 4.74 Å². The summed E-state index contributed by atoms with van der Waals surface area (Å²) in [6.07, 6.45) is 2.35. The first kappa shape index (κ1) is 14.0. The van der Waals surface area contributed by atoms with Crippen LogP contribution in [0, 0.1) is 13.8 Å². The molecule has 1 atom stereocenters. The van der Waals surface area contributed by atoms with Crippen molar-refractivity contribution in [3.63, 3.8) is 0 Å². The van der Waals surface area contributed by atoms with Crippen molar-refractivity contribution >= 4 is 0 Å². The third-order valence-corrected chi connectivity index (χ3v) is 2.90. The van der Waals surface area contributed by atoms with Gasteiger partial charge in [-0.15, -0.1) is 0 Å². The molecular weight excluding hydrogens is 210 g/mol. The van der Waals surface area contributed by atoms with Crippen LogP contribution in [0.1, 0.15) is 37.8 Å². The van der Waals surface area contributed by atoms with Gasteiger partial charge in [0.05, 0.1) is 0 Å². The molecule has 0 aliphatic carbocycles. The lowest BCUT2D eigenvalue weighted by molar-refractivity contribution is 0.256. The van der Waals surface area contributed by atoms with Crippen molar-refractivity contribution in [3.05, 3.63) is 29.3 Å². The Morgan fingerprint density at radius 1 is 1.24 bits per heavy atom. The molecule has 1 rings (SSSR count). The Morgan fingerprint density at radius 2 is 2.00 bits per heavy atom. The van der Waals surface area contributed by atoms with Crippen LogP contribution in [0.2, 0.25) is 0 Å². The molecule has 2 nitrogen and oxygen atoms in total. The highest BCUT2D eigenvalue weighted by Gasteiger charge is 2.07. The minimum absolute atomic E-state index is 0.464. The highest BCUT2D eigenvalue weighted by atomic mass is 16.5. The van der Waals surface area contributed by atoms with E-state index in [0.717, 1.165) is 18.9 Å². The fourth-order valence-corrected chi connectivity index (χ4v) is 2.03. The molecule has 96 valence electrons. The lowest BCUT2D eigenvalue weighted by atomic mass is 10.1. The number of ether oxygens (including phenoxy) is 1. The maximum absolute atomic E-state index is 5.90. The van der Waals surface area contributed by atoms with Gasteiger partial charge >= 0.3 is 0 Å². The van der Waals surface area contributed by atoms with Crippen molar-refractivity contribution in [2.45, 2.75) is 46.6 Å². The number of hydrogen-bond donors (Lipinski definition) is 1. The third-order valence-electron chi connectivity index (χ3n) is 2.90. The summed E-state index contributed by atoms with van der Waals surface area (Å²) in [5.74, 6) is 1.01. The summed E-state index contributed by atoms with van der Waals surface area (Å²) in [6.45, 7) is 10.3. The van der Waals surface area contributed by atoms with Crippen LogP contribution in [0.25, 0.3) is 0 Å². The predicted octanol–water partition coefficient (Wildman–Crippen LogP) is 3.46. The zero-order valence-electron chi connectivity index (χ0n) is 11.5. The number of aryl methyl sites for hydroxylation is 2. The van der Waals surface area contributed by atoms with Gasteiger partial charge in [0, 0.05) is 6.04 Å². The molecule has 1 aromatic carbocycles. The van der Waals surface area contributed by atoms with Crippen molar-refractivity contribution in [2.75, 3.05) is 13.2 Å². The largest absolute Gasteiger partial charge is 0.492 e. The van der Waals surface area contributed by atoms with Crippen molar-refractivity contribution in [1.29, 1.82) is 0 Å². The first-order chi connectivity index (χ1) is 8.17. The van der Waals surface area contributed by atoms with Gasteiger partial charge in [0.15, 0.2) is 0 Å². The number of nitrogens with one attached hydrogen (secondary N) is 1. The molecule has 1 N–H and O–H groups in total. The number of likely N-dealkylation sites (N-methyl/N-ethyl adjacent to an activating group) is 1. The zero-order chi connectivity index (χ0) is 12.7. The second kappa shape index (κ2) is 7.33. The van der Waals surface area contributed by atoms with Gasteiger partial charge in [-0.25, -0.2) is 0 Å². The molecule has 0 aliphatic rings. The van der Waals surface area contributed by atoms with Gasteiger partial charge < -0.3 is 10.1 Å². The van der Waals surface area contributed by atoms with E-state index in [1.807, 2.05) is 0 Å². The Balaban J connectivity index is 2.52. The molecule has 0 aliphatic heterocycles. The molecular formula is C15H25NO. The van der Waals surface area contributed by atoms with Gasteiger partial charge in [0.25, 0.3) is 0 Å². The van der Waals surface area contributed by atoms with E-state index >= 15 is 0 Å². The van der Waals surface area contributed by atoms with E-state index in [1.54, 1.807) is 0 Å². The minimum Gasteiger partial charge on any atom is -0.492 e.